The summed E-state index contributed by atoms with van der Waals surface area (Å²) in [5.74, 6) is 1.06. The third kappa shape index (κ3) is 4.74. The second kappa shape index (κ2) is 10.1. The highest BCUT2D eigenvalue weighted by Gasteiger charge is 2.22. The quantitative estimate of drug-likeness (QED) is 0.515. The van der Waals surface area contributed by atoms with Gasteiger partial charge in [0.2, 0.25) is 0 Å². The van der Waals surface area contributed by atoms with Gasteiger partial charge in [0.25, 0.3) is 11.9 Å². The molecule has 0 aromatic carbocycles. The van der Waals surface area contributed by atoms with E-state index >= 15 is 0 Å². The van der Waals surface area contributed by atoms with E-state index in [1.165, 1.54) is 0 Å². The number of amides is 1. The van der Waals surface area contributed by atoms with Gasteiger partial charge >= 0.3 is 0 Å². The first-order valence-corrected chi connectivity index (χ1v) is 11.1. The predicted molar refractivity (Wildman–Crippen MR) is 121 cm³/mol. The number of anilines is 1. The Balaban J connectivity index is 1.60. The highest BCUT2D eigenvalue weighted by atomic mass is 16.5. The Labute approximate surface area is 192 Å². The van der Waals surface area contributed by atoms with Crippen LogP contribution in [0.1, 0.15) is 46.3 Å². The smallest absolute Gasteiger partial charge is 0.255 e. The Morgan fingerprint density at radius 1 is 1.21 bits per heavy atom. The van der Waals surface area contributed by atoms with Crippen LogP contribution in [0.3, 0.4) is 0 Å². The van der Waals surface area contributed by atoms with Crippen molar-refractivity contribution in [3.63, 3.8) is 0 Å². The molecule has 1 saturated heterocycles. The number of aromatic nitrogens is 6. The van der Waals surface area contributed by atoms with Gasteiger partial charge in [-0.1, -0.05) is 13.3 Å². The lowest BCUT2D eigenvalue weighted by Gasteiger charge is -2.29. The number of aryl methyl sites for hydroxylation is 2. The first-order chi connectivity index (χ1) is 16.0. The van der Waals surface area contributed by atoms with E-state index < -0.39 is 0 Å². The average Bonchev–Trinajstić information content (AvgIpc) is 3.41. The zero-order valence-corrected chi connectivity index (χ0v) is 19.3. The third-order valence-electron chi connectivity index (χ3n) is 5.74. The number of ether oxygens (including phenoxy) is 1. The predicted octanol–water partition coefficient (Wildman–Crippen LogP) is 0.916. The van der Waals surface area contributed by atoms with Gasteiger partial charge in [-0.05, 0) is 13.3 Å². The molecule has 0 atom stereocenters. The van der Waals surface area contributed by atoms with Crippen molar-refractivity contribution in [2.75, 3.05) is 31.2 Å². The largest absolute Gasteiger partial charge is 0.390 e. The second-order valence-corrected chi connectivity index (χ2v) is 8.03. The summed E-state index contributed by atoms with van der Waals surface area (Å²) in [6, 6.07) is 0. The summed E-state index contributed by atoms with van der Waals surface area (Å²) in [6.45, 7) is 7.00. The maximum Gasteiger partial charge on any atom is 0.255 e. The number of imidazole rings is 1. The molecule has 0 spiro atoms. The minimum Gasteiger partial charge on any atom is -0.390 e. The molecule has 4 heterocycles. The van der Waals surface area contributed by atoms with Crippen molar-refractivity contribution in [2.45, 2.75) is 39.8 Å². The minimum atomic E-state index is -0.240. The monoisotopic (exact) mass is 454 g/mol. The Bertz CT molecular complexity index is 1120. The molecule has 0 unspecified atom stereocenters. The van der Waals surface area contributed by atoms with E-state index in [9.17, 15) is 9.90 Å². The number of aliphatic hydroxyl groups is 1. The van der Waals surface area contributed by atoms with Gasteiger partial charge in [-0.3, -0.25) is 4.79 Å². The first kappa shape index (κ1) is 22.9. The molecule has 3 aromatic heterocycles. The molecule has 1 aliphatic heterocycles. The molecule has 33 heavy (non-hydrogen) atoms. The summed E-state index contributed by atoms with van der Waals surface area (Å²) in [5, 5.41) is 16.9. The van der Waals surface area contributed by atoms with E-state index in [2.05, 4.69) is 32.2 Å². The Morgan fingerprint density at radius 3 is 2.73 bits per heavy atom. The molecule has 4 rings (SSSR count). The SMILES string of the molecule is CCCc1c(C(=O)NCc2c(CO)ncn2C)cnn1-c1ncc(C)c(N2CCOCC2)n1. The molecule has 11 nitrogen and oxygen atoms in total. The number of morpholine rings is 1. The lowest BCUT2D eigenvalue weighted by atomic mass is 10.1. The number of hydrogen-bond acceptors (Lipinski definition) is 8. The van der Waals surface area contributed by atoms with E-state index in [0.717, 1.165) is 42.3 Å². The van der Waals surface area contributed by atoms with Crippen molar-refractivity contribution in [3.05, 3.63) is 46.9 Å². The molecule has 2 N–H and O–H groups in total. The molecule has 1 aliphatic rings. The molecular weight excluding hydrogens is 424 g/mol. The molecule has 176 valence electrons. The van der Waals surface area contributed by atoms with Crippen molar-refractivity contribution >= 4 is 11.7 Å². The number of nitrogens with zero attached hydrogens (tertiary/aromatic N) is 7. The van der Waals surface area contributed by atoms with Gasteiger partial charge in [-0.15, -0.1) is 0 Å². The fourth-order valence-corrected chi connectivity index (χ4v) is 3.96. The van der Waals surface area contributed by atoms with Gasteiger partial charge < -0.3 is 24.6 Å². The van der Waals surface area contributed by atoms with E-state index in [0.29, 0.717) is 36.8 Å². The van der Waals surface area contributed by atoms with Gasteiger partial charge in [-0.25, -0.2) is 14.6 Å². The van der Waals surface area contributed by atoms with Gasteiger partial charge in [0.15, 0.2) is 0 Å². The Morgan fingerprint density at radius 2 is 2.00 bits per heavy atom. The number of carbonyl (C=O) groups excluding carboxylic acids is 1. The maximum atomic E-state index is 13.0. The van der Waals surface area contributed by atoms with Crippen molar-refractivity contribution in [3.8, 4) is 5.95 Å². The van der Waals surface area contributed by atoms with Crippen LogP contribution >= 0.6 is 0 Å². The molecule has 0 saturated carbocycles. The van der Waals surface area contributed by atoms with Crippen molar-refractivity contribution in [2.24, 2.45) is 7.05 Å². The summed E-state index contributed by atoms with van der Waals surface area (Å²) in [5.41, 5.74) is 3.54. The summed E-state index contributed by atoms with van der Waals surface area (Å²) < 4.78 is 8.91. The van der Waals surface area contributed by atoms with Crippen molar-refractivity contribution in [1.82, 2.24) is 34.6 Å². The Hall–Kier alpha value is -3.31. The summed E-state index contributed by atoms with van der Waals surface area (Å²) in [6.07, 6.45) is 6.47. The number of aliphatic hydroxyl groups excluding tert-OH is 1. The standard InChI is InChI=1S/C22H30N8O3/c1-4-5-18-16(21(32)23-12-19-17(13-31)25-14-28(19)3)11-26-30(18)22-24-10-15(2)20(27-22)29-6-8-33-9-7-29/h10-11,14,31H,4-9,12-13H2,1-3H3,(H,23,32). The van der Waals surface area contributed by atoms with Crippen LogP contribution in [-0.4, -0.2) is 66.6 Å². The summed E-state index contributed by atoms with van der Waals surface area (Å²) >= 11 is 0. The van der Waals surface area contributed by atoms with Crippen LogP contribution in [0, 0.1) is 6.92 Å². The molecule has 11 heteroatoms. The molecule has 0 bridgehead atoms. The highest BCUT2D eigenvalue weighted by Crippen LogP contribution is 2.21. The van der Waals surface area contributed by atoms with E-state index in [-0.39, 0.29) is 19.1 Å². The maximum absolute atomic E-state index is 13.0. The topological polar surface area (TPSA) is 123 Å². The number of hydrogen-bond donors (Lipinski definition) is 2. The number of carbonyl (C=O) groups is 1. The van der Waals surface area contributed by atoms with Crippen LogP contribution in [0.15, 0.2) is 18.7 Å². The Kier molecular flexibility index (Phi) is 6.99. The molecule has 1 amide bonds. The van der Waals surface area contributed by atoms with E-state index in [1.807, 2.05) is 14.0 Å². The summed E-state index contributed by atoms with van der Waals surface area (Å²) in [7, 11) is 1.83. The van der Waals surface area contributed by atoms with E-state index in [1.54, 1.807) is 28.0 Å². The van der Waals surface area contributed by atoms with Crippen LogP contribution in [0.25, 0.3) is 5.95 Å². The average molecular weight is 455 g/mol. The molecule has 1 fully saturated rings. The second-order valence-electron chi connectivity index (χ2n) is 8.03. The van der Waals surface area contributed by atoms with Gasteiger partial charge in [0.1, 0.15) is 5.82 Å². The third-order valence-corrected chi connectivity index (χ3v) is 5.74. The minimum absolute atomic E-state index is 0.179. The fourth-order valence-electron chi connectivity index (χ4n) is 3.96. The number of nitrogens with one attached hydrogen (secondary N) is 1. The van der Waals surface area contributed by atoms with Crippen molar-refractivity contribution < 1.29 is 14.6 Å². The highest BCUT2D eigenvalue weighted by molar-refractivity contribution is 5.95. The van der Waals surface area contributed by atoms with Gasteiger partial charge in [-0.2, -0.15) is 10.1 Å². The lowest BCUT2D eigenvalue weighted by molar-refractivity contribution is 0.0948. The molecule has 3 aromatic rings. The summed E-state index contributed by atoms with van der Waals surface area (Å²) in [4.78, 5) is 28.7. The molecular formula is C22H30N8O3. The zero-order chi connectivity index (χ0) is 23.4. The van der Waals surface area contributed by atoms with Crippen LogP contribution in [0.2, 0.25) is 0 Å². The van der Waals surface area contributed by atoms with Crippen molar-refractivity contribution in [1.29, 1.82) is 0 Å². The van der Waals surface area contributed by atoms with Crippen LogP contribution in [0.5, 0.6) is 0 Å². The van der Waals surface area contributed by atoms with E-state index in [4.69, 9.17) is 9.72 Å². The normalized spacial score (nSPS) is 14.0. The van der Waals surface area contributed by atoms with Crippen LogP contribution < -0.4 is 10.2 Å². The van der Waals surface area contributed by atoms with Gasteiger partial charge in [0.05, 0.1) is 61.5 Å². The lowest BCUT2D eigenvalue weighted by Crippen LogP contribution is -2.37. The first-order valence-electron chi connectivity index (χ1n) is 11.1. The molecule has 0 aliphatic carbocycles. The fraction of sp³-hybridized carbons (Fsp3) is 0.500. The molecule has 0 radical (unpaired) electrons. The van der Waals surface area contributed by atoms with Crippen LogP contribution in [-0.2, 0) is 31.4 Å². The zero-order valence-electron chi connectivity index (χ0n) is 19.3. The van der Waals surface area contributed by atoms with Crippen LogP contribution in [0.4, 0.5) is 5.82 Å². The van der Waals surface area contributed by atoms with Gasteiger partial charge in [0, 0.05) is 31.9 Å². The number of rotatable bonds is 8.